The molecule has 3 aromatic rings. The van der Waals surface area contributed by atoms with Gasteiger partial charge in [0.15, 0.2) is 5.88 Å². The number of halogens is 1. The van der Waals surface area contributed by atoms with Crippen molar-refractivity contribution in [3.05, 3.63) is 41.4 Å². The Kier molecular flexibility index (Phi) is 6.61. The molecule has 0 bridgehead atoms. The number of piperidine rings is 1. The number of fused-ring (bicyclic) bond motifs is 1. The van der Waals surface area contributed by atoms with Crippen LogP contribution in [0.3, 0.4) is 0 Å². The van der Waals surface area contributed by atoms with Gasteiger partial charge in [0.1, 0.15) is 11.7 Å². The van der Waals surface area contributed by atoms with E-state index in [1.807, 2.05) is 12.1 Å². The van der Waals surface area contributed by atoms with Crippen LogP contribution in [-0.4, -0.2) is 77.0 Å². The van der Waals surface area contributed by atoms with Crippen molar-refractivity contribution in [1.29, 1.82) is 0 Å². The van der Waals surface area contributed by atoms with E-state index in [0.29, 0.717) is 36.8 Å². The average molecular weight is 499 g/mol. The van der Waals surface area contributed by atoms with Gasteiger partial charge in [0.05, 0.1) is 35.0 Å². The second-order valence-corrected chi connectivity index (χ2v) is 10.1. The van der Waals surface area contributed by atoms with Crippen LogP contribution in [0.25, 0.3) is 22.3 Å². The minimum atomic E-state index is -1.35. The number of rotatable bonds is 5. The molecule has 8 nitrogen and oxygen atoms in total. The second-order valence-electron chi connectivity index (χ2n) is 9.70. The van der Waals surface area contributed by atoms with Crippen molar-refractivity contribution in [1.82, 2.24) is 14.9 Å². The van der Waals surface area contributed by atoms with E-state index in [9.17, 15) is 9.90 Å². The monoisotopic (exact) mass is 498 g/mol. The van der Waals surface area contributed by atoms with E-state index >= 15 is 0 Å². The summed E-state index contributed by atoms with van der Waals surface area (Å²) in [5.74, 6) is 0.390. The van der Waals surface area contributed by atoms with Crippen molar-refractivity contribution < 1.29 is 19.4 Å². The molecule has 35 heavy (non-hydrogen) atoms. The van der Waals surface area contributed by atoms with Crippen LogP contribution >= 0.6 is 11.6 Å². The summed E-state index contributed by atoms with van der Waals surface area (Å²) in [5.41, 5.74) is 3.11. The third-order valence-corrected chi connectivity index (χ3v) is 6.88. The molecule has 0 atom stereocenters. The van der Waals surface area contributed by atoms with Crippen LogP contribution in [0.1, 0.15) is 26.7 Å². The lowest BCUT2D eigenvalue weighted by Gasteiger charge is -2.34. The maximum absolute atomic E-state index is 12.3. The number of hydrogen-bond acceptors (Lipinski definition) is 6. The van der Waals surface area contributed by atoms with Crippen molar-refractivity contribution >= 4 is 34.2 Å². The second kappa shape index (κ2) is 9.68. The first-order chi connectivity index (χ1) is 16.8. The van der Waals surface area contributed by atoms with E-state index in [-0.39, 0.29) is 12.0 Å². The summed E-state index contributed by atoms with van der Waals surface area (Å²) in [6.45, 7) is 7.45. The molecule has 0 aliphatic carbocycles. The summed E-state index contributed by atoms with van der Waals surface area (Å²) in [4.78, 5) is 24.4. The van der Waals surface area contributed by atoms with Gasteiger partial charge >= 0.3 is 0 Å². The van der Waals surface area contributed by atoms with Gasteiger partial charge in [-0.2, -0.15) is 0 Å². The fourth-order valence-electron chi connectivity index (χ4n) is 4.67. The number of hydrogen-bond donors (Lipinski definition) is 2. The van der Waals surface area contributed by atoms with E-state index in [4.69, 9.17) is 26.1 Å². The zero-order valence-electron chi connectivity index (χ0n) is 20.1. The summed E-state index contributed by atoms with van der Waals surface area (Å²) in [5, 5.41) is 10.5. The minimum Gasteiger partial charge on any atom is -0.475 e. The van der Waals surface area contributed by atoms with Crippen molar-refractivity contribution in [3.63, 3.8) is 0 Å². The summed E-state index contributed by atoms with van der Waals surface area (Å²) >= 11 is 6.60. The zero-order chi connectivity index (χ0) is 24.6. The standard InChI is InChI=1S/C26H31ClN4O4/c1-26(2,33)25(32)31-9-7-19(8-10-31)35-23-16-22-21(28-23)15-20(27)24(29-22)17-3-5-18(6-4-17)30-11-13-34-14-12-30/h3-6,15-16,19,28,33H,7-14H2,1-2H3. The van der Waals surface area contributed by atoms with Crippen LogP contribution in [0, 0.1) is 0 Å². The number of aromatic amines is 1. The van der Waals surface area contributed by atoms with Gasteiger partial charge in [0.25, 0.3) is 5.91 Å². The van der Waals surface area contributed by atoms with Gasteiger partial charge in [-0.3, -0.25) is 4.79 Å². The topological polar surface area (TPSA) is 90.9 Å². The highest BCUT2D eigenvalue weighted by Crippen LogP contribution is 2.32. The molecule has 0 saturated carbocycles. The van der Waals surface area contributed by atoms with Crippen LogP contribution < -0.4 is 9.64 Å². The fraction of sp³-hybridized carbons (Fsp3) is 0.462. The number of anilines is 1. The molecule has 0 unspecified atom stereocenters. The van der Waals surface area contributed by atoms with E-state index in [0.717, 1.165) is 48.6 Å². The lowest BCUT2D eigenvalue weighted by molar-refractivity contribution is -0.149. The summed E-state index contributed by atoms with van der Waals surface area (Å²) in [7, 11) is 0. The molecule has 2 fully saturated rings. The maximum atomic E-state index is 12.3. The number of pyridine rings is 1. The van der Waals surface area contributed by atoms with Crippen LogP contribution in [0.5, 0.6) is 5.88 Å². The molecule has 2 N–H and O–H groups in total. The van der Waals surface area contributed by atoms with Crippen LogP contribution in [0.15, 0.2) is 36.4 Å². The molecule has 1 aromatic carbocycles. The van der Waals surface area contributed by atoms with Gasteiger partial charge in [0.2, 0.25) is 0 Å². The number of H-pyrrole nitrogens is 1. The van der Waals surface area contributed by atoms with Gasteiger partial charge in [-0.25, -0.2) is 4.98 Å². The predicted molar refractivity (Wildman–Crippen MR) is 136 cm³/mol. The van der Waals surface area contributed by atoms with Gasteiger partial charge in [-0.1, -0.05) is 23.7 Å². The molecule has 2 aliphatic rings. The Balaban J connectivity index is 1.27. The number of morpholine rings is 1. The molecule has 1 amide bonds. The molecular formula is C26H31ClN4O4. The van der Waals surface area contributed by atoms with Crippen LogP contribution in [-0.2, 0) is 9.53 Å². The minimum absolute atomic E-state index is 0.0170. The largest absolute Gasteiger partial charge is 0.475 e. The first-order valence-corrected chi connectivity index (χ1v) is 12.5. The molecule has 9 heteroatoms. The third-order valence-electron chi connectivity index (χ3n) is 6.59. The highest BCUT2D eigenvalue weighted by atomic mass is 35.5. The number of amides is 1. The van der Waals surface area contributed by atoms with Crippen LogP contribution in [0.4, 0.5) is 5.69 Å². The highest BCUT2D eigenvalue weighted by Gasteiger charge is 2.32. The molecule has 186 valence electrons. The Morgan fingerprint density at radius 2 is 1.83 bits per heavy atom. The van der Waals surface area contributed by atoms with E-state index in [1.165, 1.54) is 19.5 Å². The molecule has 4 heterocycles. The number of nitrogens with zero attached hydrogens (tertiary/aromatic N) is 3. The fourth-order valence-corrected chi connectivity index (χ4v) is 4.93. The van der Waals surface area contributed by atoms with Crippen molar-refractivity contribution in [2.75, 3.05) is 44.3 Å². The Labute approximate surface area is 209 Å². The first kappa shape index (κ1) is 23.9. The highest BCUT2D eigenvalue weighted by molar-refractivity contribution is 6.33. The van der Waals surface area contributed by atoms with E-state index in [1.54, 1.807) is 4.90 Å². The summed E-state index contributed by atoms with van der Waals surface area (Å²) < 4.78 is 11.6. The molecule has 5 rings (SSSR count). The molecule has 2 aromatic heterocycles. The smallest absolute Gasteiger partial charge is 0.253 e. The maximum Gasteiger partial charge on any atom is 0.253 e. The molecule has 2 saturated heterocycles. The third kappa shape index (κ3) is 5.24. The number of likely N-dealkylation sites (tertiary alicyclic amines) is 1. The van der Waals surface area contributed by atoms with E-state index in [2.05, 4.69) is 34.1 Å². The predicted octanol–water partition coefficient (Wildman–Crippen LogP) is 3.86. The van der Waals surface area contributed by atoms with Crippen LogP contribution in [0.2, 0.25) is 5.02 Å². The van der Waals surface area contributed by atoms with Gasteiger partial charge in [-0.05, 0) is 32.0 Å². The molecule has 0 radical (unpaired) electrons. The van der Waals surface area contributed by atoms with Crippen molar-refractivity contribution in [2.45, 2.75) is 38.4 Å². The number of carbonyl (C=O) groups is 1. The average Bonchev–Trinajstić information content (AvgIpc) is 3.24. The van der Waals surface area contributed by atoms with Crippen molar-refractivity contribution in [3.8, 4) is 17.1 Å². The quantitative estimate of drug-likeness (QED) is 0.555. The number of aromatic nitrogens is 2. The normalized spacial score (nSPS) is 17.7. The Bertz CT molecular complexity index is 1190. The first-order valence-electron chi connectivity index (χ1n) is 12.1. The van der Waals surface area contributed by atoms with Gasteiger partial charge in [-0.15, -0.1) is 0 Å². The Morgan fingerprint density at radius 3 is 2.49 bits per heavy atom. The van der Waals surface area contributed by atoms with Gasteiger partial charge < -0.3 is 29.4 Å². The lowest BCUT2D eigenvalue weighted by atomic mass is 10.0. The van der Waals surface area contributed by atoms with Crippen molar-refractivity contribution in [2.24, 2.45) is 0 Å². The number of nitrogens with one attached hydrogen (secondary N) is 1. The molecule has 2 aliphatic heterocycles. The number of aliphatic hydroxyl groups is 1. The number of ether oxygens (including phenoxy) is 2. The lowest BCUT2D eigenvalue weighted by Crippen LogP contribution is -2.49. The van der Waals surface area contributed by atoms with E-state index < -0.39 is 5.60 Å². The number of carbonyl (C=O) groups excluding carboxylic acids is 1. The summed E-state index contributed by atoms with van der Waals surface area (Å²) in [6, 6.07) is 12.1. The molecular weight excluding hydrogens is 468 g/mol. The zero-order valence-corrected chi connectivity index (χ0v) is 20.8. The summed E-state index contributed by atoms with van der Waals surface area (Å²) in [6.07, 6.45) is 1.38. The SMILES string of the molecule is CC(C)(O)C(=O)N1CCC(Oc2cc3nc(-c4ccc(N5CCOCC5)cc4)c(Cl)cc3[nH]2)CC1. The number of benzene rings is 1. The molecule has 0 spiro atoms. The Morgan fingerprint density at radius 1 is 1.14 bits per heavy atom. The van der Waals surface area contributed by atoms with Gasteiger partial charge in [0, 0.05) is 56.3 Å². The Hall–Kier alpha value is -2.81.